The largest absolute Gasteiger partial charge is 0.335 e. The number of aryl methyl sites for hydroxylation is 1. The summed E-state index contributed by atoms with van der Waals surface area (Å²) in [6, 6.07) is 1.89. The van der Waals surface area contributed by atoms with E-state index in [2.05, 4.69) is 20.7 Å². The molecule has 0 atom stereocenters. The number of carbonyl (C=O) groups excluding carboxylic acids is 1. The number of amides is 2. The molecule has 7 heteroatoms. The molecule has 0 bridgehead atoms. The van der Waals surface area contributed by atoms with E-state index in [4.69, 9.17) is 11.6 Å². The van der Waals surface area contributed by atoms with Gasteiger partial charge in [0.05, 0.1) is 11.2 Å². The SMILES string of the molecule is O=C(Nc1cc(-c2cnn3c2CCC3)c(Cl)cn1)NC1CCCCC1. The quantitative estimate of drug-likeness (QED) is 0.870. The molecule has 0 radical (unpaired) electrons. The molecule has 0 spiro atoms. The molecule has 1 aliphatic carbocycles. The molecule has 0 aromatic carbocycles. The molecule has 0 unspecified atom stereocenters. The van der Waals surface area contributed by atoms with Gasteiger partial charge in [-0.1, -0.05) is 30.9 Å². The van der Waals surface area contributed by atoms with E-state index in [1.54, 1.807) is 6.20 Å². The van der Waals surface area contributed by atoms with Crippen molar-refractivity contribution in [2.75, 3.05) is 5.32 Å². The maximum atomic E-state index is 12.2. The Bertz CT molecular complexity index is 782. The molecular formula is C18H22ClN5O. The fourth-order valence-electron chi connectivity index (χ4n) is 3.79. The maximum absolute atomic E-state index is 12.2. The number of urea groups is 1. The van der Waals surface area contributed by atoms with Crippen LogP contribution in [0, 0.1) is 0 Å². The fourth-order valence-corrected chi connectivity index (χ4v) is 3.99. The summed E-state index contributed by atoms with van der Waals surface area (Å²) in [5, 5.41) is 10.9. The number of nitrogens with zero attached hydrogens (tertiary/aromatic N) is 3. The van der Waals surface area contributed by atoms with Gasteiger partial charge in [-0.05, 0) is 31.7 Å². The fraction of sp³-hybridized carbons (Fsp3) is 0.500. The first-order valence-electron chi connectivity index (χ1n) is 8.99. The van der Waals surface area contributed by atoms with Crippen molar-refractivity contribution in [3.05, 3.63) is 29.2 Å². The second-order valence-electron chi connectivity index (χ2n) is 6.81. The first kappa shape index (κ1) is 16.4. The predicted octanol–water partition coefficient (Wildman–Crippen LogP) is 4.00. The van der Waals surface area contributed by atoms with Crippen LogP contribution in [0.25, 0.3) is 11.1 Å². The van der Waals surface area contributed by atoms with Crippen molar-refractivity contribution in [2.24, 2.45) is 0 Å². The molecule has 1 saturated carbocycles. The van der Waals surface area contributed by atoms with Crippen LogP contribution in [0.2, 0.25) is 5.02 Å². The summed E-state index contributed by atoms with van der Waals surface area (Å²) in [5.74, 6) is 0.505. The van der Waals surface area contributed by atoms with Crippen molar-refractivity contribution in [1.29, 1.82) is 0 Å². The average molecular weight is 360 g/mol. The van der Waals surface area contributed by atoms with Crippen LogP contribution < -0.4 is 10.6 Å². The van der Waals surface area contributed by atoms with Crippen LogP contribution >= 0.6 is 11.6 Å². The molecule has 2 aromatic heterocycles. The molecule has 1 fully saturated rings. The molecule has 2 amide bonds. The summed E-state index contributed by atoms with van der Waals surface area (Å²) in [6.07, 6.45) is 11.3. The Morgan fingerprint density at radius 1 is 1.16 bits per heavy atom. The molecule has 132 valence electrons. The molecule has 25 heavy (non-hydrogen) atoms. The van der Waals surface area contributed by atoms with E-state index in [1.165, 1.54) is 25.0 Å². The first-order chi connectivity index (χ1) is 12.2. The number of anilines is 1. The second-order valence-corrected chi connectivity index (χ2v) is 7.22. The molecule has 4 rings (SSSR count). The van der Waals surface area contributed by atoms with E-state index in [1.807, 2.05) is 16.9 Å². The Morgan fingerprint density at radius 2 is 2.00 bits per heavy atom. The topological polar surface area (TPSA) is 71.8 Å². The van der Waals surface area contributed by atoms with Crippen LogP contribution in [-0.4, -0.2) is 26.8 Å². The Labute approximate surface area is 152 Å². The average Bonchev–Trinajstić information content (AvgIpc) is 3.21. The number of fused-ring (bicyclic) bond motifs is 1. The summed E-state index contributed by atoms with van der Waals surface area (Å²) in [4.78, 5) is 16.5. The molecule has 6 nitrogen and oxygen atoms in total. The molecule has 2 aromatic rings. The Morgan fingerprint density at radius 3 is 2.84 bits per heavy atom. The number of pyridine rings is 1. The van der Waals surface area contributed by atoms with E-state index < -0.39 is 0 Å². The van der Waals surface area contributed by atoms with Gasteiger partial charge in [0, 0.05) is 35.6 Å². The van der Waals surface area contributed by atoms with Crippen molar-refractivity contribution < 1.29 is 4.79 Å². The summed E-state index contributed by atoms with van der Waals surface area (Å²) in [7, 11) is 0. The van der Waals surface area contributed by atoms with Gasteiger partial charge in [-0.3, -0.25) is 10.00 Å². The van der Waals surface area contributed by atoms with E-state index in [0.29, 0.717) is 10.8 Å². The van der Waals surface area contributed by atoms with Gasteiger partial charge in [-0.25, -0.2) is 9.78 Å². The zero-order valence-corrected chi connectivity index (χ0v) is 14.9. The Kier molecular flexibility index (Phi) is 4.61. The molecular weight excluding hydrogens is 338 g/mol. The number of nitrogens with one attached hydrogen (secondary N) is 2. The Balaban J connectivity index is 1.50. The van der Waals surface area contributed by atoms with Gasteiger partial charge < -0.3 is 5.32 Å². The third-order valence-corrected chi connectivity index (χ3v) is 5.36. The maximum Gasteiger partial charge on any atom is 0.320 e. The minimum atomic E-state index is -0.201. The van der Waals surface area contributed by atoms with Crippen molar-refractivity contribution in [3.8, 4) is 11.1 Å². The summed E-state index contributed by atoms with van der Waals surface area (Å²) >= 11 is 6.35. The zero-order chi connectivity index (χ0) is 17.2. The minimum Gasteiger partial charge on any atom is -0.335 e. The number of halogens is 1. The zero-order valence-electron chi connectivity index (χ0n) is 14.1. The van der Waals surface area contributed by atoms with Gasteiger partial charge in [-0.15, -0.1) is 0 Å². The van der Waals surface area contributed by atoms with Gasteiger partial charge >= 0.3 is 6.03 Å². The van der Waals surface area contributed by atoms with Crippen molar-refractivity contribution in [3.63, 3.8) is 0 Å². The van der Waals surface area contributed by atoms with Gasteiger partial charge in [0.2, 0.25) is 0 Å². The molecule has 2 N–H and O–H groups in total. The van der Waals surface area contributed by atoms with E-state index >= 15 is 0 Å². The van der Waals surface area contributed by atoms with E-state index in [-0.39, 0.29) is 12.1 Å². The monoisotopic (exact) mass is 359 g/mol. The first-order valence-corrected chi connectivity index (χ1v) is 9.36. The van der Waals surface area contributed by atoms with Crippen LogP contribution in [0.5, 0.6) is 0 Å². The highest BCUT2D eigenvalue weighted by Crippen LogP contribution is 2.34. The normalized spacial score (nSPS) is 17.3. The number of hydrogen-bond acceptors (Lipinski definition) is 3. The van der Waals surface area contributed by atoms with Gasteiger partial charge in [0.15, 0.2) is 0 Å². The van der Waals surface area contributed by atoms with Crippen LogP contribution in [0.1, 0.15) is 44.2 Å². The second kappa shape index (κ2) is 7.04. The van der Waals surface area contributed by atoms with Crippen LogP contribution in [0.4, 0.5) is 10.6 Å². The molecule has 2 aliphatic rings. The minimum absolute atomic E-state index is 0.201. The summed E-state index contributed by atoms with van der Waals surface area (Å²) in [5.41, 5.74) is 3.10. The van der Waals surface area contributed by atoms with Crippen molar-refractivity contribution in [1.82, 2.24) is 20.1 Å². The van der Waals surface area contributed by atoms with Gasteiger partial charge in [0.1, 0.15) is 5.82 Å². The van der Waals surface area contributed by atoms with Crippen LogP contribution in [0.15, 0.2) is 18.5 Å². The number of aromatic nitrogens is 3. The highest BCUT2D eigenvalue weighted by molar-refractivity contribution is 6.33. The van der Waals surface area contributed by atoms with Crippen LogP contribution in [0.3, 0.4) is 0 Å². The number of carbonyl (C=O) groups is 1. The summed E-state index contributed by atoms with van der Waals surface area (Å²) in [6.45, 7) is 0.951. The Hall–Kier alpha value is -2.08. The predicted molar refractivity (Wildman–Crippen MR) is 97.8 cm³/mol. The lowest BCUT2D eigenvalue weighted by Crippen LogP contribution is -2.39. The van der Waals surface area contributed by atoms with E-state index in [9.17, 15) is 4.79 Å². The standard InChI is InChI=1S/C18H22ClN5O/c19-15-11-20-17(23-18(25)22-12-5-2-1-3-6-12)9-13(15)14-10-21-24-8-4-7-16(14)24/h9-12H,1-8H2,(H2,20,22,23,25). The highest BCUT2D eigenvalue weighted by Gasteiger charge is 2.20. The number of hydrogen-bond donors (Lipinski definition) is 2. The number of rotatable bonds is 3. The highest BCUT2D eigenvalue weighted by atomic mass is 35.5. The van der Waals surface area contributed by atoms with Gasteiger partial charge in [0.25, 0.3) is 0 Å². The summed E-state index contributed by atoms with van der Waals surface area (Å²) < 4.78 is 2.02. The van der Waals surface area contributed by atoms with Crippen molar-refractivity contribution >= 4 is 23.4 Å². The third kappa shape index (κ3) is 3.49. The lowest BCUT2D eigenvalue weighted by Gasteiger charge is -2.22. The lowest BCUT2D eigenvalue weighted by molar-refractivity contribution is 0.244. The third-order valence-electron chi connectivity index (χ3n) is 5.06. The van der Waals surface area contributed by atoms with Gasteiger partial charge in [-0.2, -0.15) is 5.10 Å². The smallest absolute Gasteiger partial charge is 0.320 e. The van der Waals surface area contributed by atoms with E-state index in [0.717, 1.165) is 43.4 Å². The van der Waals surface area contributed by atoms with Crippen LogP contribution in [-0.2, 0) is 13.0 Å². The lowest BCUT2D eigenvalue weighted by atomic mass is 9.96. The molecule has 1 aliphatic heterocycles. The van der Waals surface area contributed by atoms with Crippen molar-refractivity contribution in [2.45, 2.75) is 57.5 Å². The molecule has 0 saturated heterocycles. The molecule has 3 heterocycles.